The number of hydrogen-bond donors (Lipinski definition) is 0. The van der Waals surface area contributed by atoms with Gasteiger partial charge in [0.25, 0.3) is 0 Å². The summed E-state index contributed by atoms with van der Waals surface area (Å²) in [6.07, 6.45) is 0.758. The molecule has 5 nitrogen and oxygen atoms in total. The van der Waals surface area contributed by atoms with Crippen molar-refractivity contribution in [3.05, 3.63) is 64.4 Å². The van der Waals surface area contributed by atoms with E-state index in [4.69, 9.17) is 14.2 Å². The molecule has 2 aromatic rings. The summed E-state index contributed by atoms with van der Waals surface area (Å²) in [5, 5.41) is 0. The first-order valence-corrected chi connectivity index (χ1v) is 11.0. The zero-order chi connectivity index (χ0) is 23.9. The van der Waals surface area contributed by atoms with Gasteiger partial charge in [-0.15, -0.1) is 0 Å². The van der Waals surface area contributed by atoms with E-state index in [-0.39, 0.29) is 11.3 Å². The Morgan fingerprint density at radius 2 is 1.76 bits per heavy atom. The lowest BCUT2D eigenvalue weighted by molar-refractivity contribution is -0.161. The first-order valence-electron chi connectivity index (χ1n) is 11.0. The van der Waals surface area contributed by atoms with Gasteiger partial charge in [-0.05, 0) is 53.8 Å². The zero-order valence-electron chi connectivity index (χ0n) is 19.1. The average molecular weight is 456 g/mol. The predicted octanol–water partition coefficient (Wildman–Crippen LogP) is 5.26. The van der Waals surface area contributed by atoms with Crippen LogP contribution < -0.4 is 0 Å². The van der Waals surface area contributed by atoms with Crippen LogP contribution in [0.25, 0.3) is 16.7 Å². The molecule has 1 saturated heterocycles. The van der Waals surface area contributed by atoms with Gasteiger partial charge in [-0.2, -0.15) is 0 Å². The molecule has 1 spiro atoms. The molecule has 4 rings (SSSR count). The maximum atomic E-state index is 13.9. The molecule has 0 aromatic heterocycles. The first-order chi connectivity index (χ1) is 15.6. The van der Waals surface area contributed by atoms with Crippen molar-refractivity contribution in [1.82, 2.24) is 0 Å². The monoisotopic (exact) mass is 456 g/mol. The molecule has 0 radical (unpaired) electrons. The molecule has 2 aromatic carbocycles. The molecule has 0 unspecified atom stereocenters. The SMILES string of the molecule is Cc1ccc(-c2ccc(F)c(F)c2)c(C)c1C1=C(OC(=O)C(C)C)C2(CCOCC2)OC1=O. The topological polar surface area (TPSA) is 61.8 Å². The van der Waals surface area contributed by atoms with Crippen LogP contribution in [0.3, 0.4) is 0 Å². The highest BCUT2D eigenvalue weighted by molar-refractivity contribution is 6.21. The maximum absolute atomic E-state index is 13.9. The predicted molar refractivity (Wildman–Crippen MR) is 118 cm³/mol. The molecular weight excluding hydrogens is 430 g/mol. The van der Waals surface area contributed by atoms with Gasteiger partial charge in [0, 0.05) is 12.8 Å². The van der Waals surface area contributed by atoms with Gasteiger partial charge in [0.2, 0.25) is 0 Å². The summed E-state index contributed by atoms with van der Waals surface area (Å²) in [4.78, 5) is 25.8. The van der Waals surface area contributed by atoms with Crippen LogP contribution in [0.1, 0.15) is 43.4 Å². The van der Waals surface area contributed by atoms with Crippen LogP contribution >= 0.6 is 0 Å². The maximum Gasteiger partial charge on any atom is 0.343 e. The number of rotatable bonds is 4. The van der Waals surface area contributed by atoms with Crippen molar-refractivity contribution in [2.24, 2.45) is 5.92 Å². The molecular formula is C26H26F2O5. The fourth-order valence-corrected chi connectivity index (χ4v) is 4.41. The van der Waals surface area contributed by atoms with Crippen molar-refractivity contribution >= 4 is 17.5 Å². The first kappa shape index (κ1) is 23.1. The Kier molecular flexibility index (Phi) is 6.10. The lowest BCUT2D eigenvalue weighted by Crippen LogP contribution is -2.40. The molecule has 1 fully saturated rings. The Labute approximate surface area is 191 Å². The third kappa shape index (κ3) is 4.06. The molecule has 2 aliphatic rings. The molecule has 0 atom stereocenters. The van der Waals surface area contributed by atoms with Gasteiger partial charge in [0.15, 0.2) is 23.0 Å². The van der Waals surface area contributed by atoms with Crippen molar-refractivity contribution in [3.63, 3.8) is 0 Å². The largest absolute Gasteiger partial charge is 0.447 e. The van der Waals surface area contributed by atoms with Crippen LogP contribution in [0.5, 0.6) is 0 Å². The minimum absolute atomic E-state index is 0.199. The van der Waals surface area contributed by atoms with Crippen molar-refractivity contribution < 1.29 is 32.6 Å². The second-order valence-electron chi connectivity index (χ2n) is 8.84. The van der Waals surface area contributed by atoms with E-state index >= 15 is 0 Å². The van der Waals surface area contributed by atoms with Crippen molar-refractivity contribution in [1.29, 1.82) is 0 Å². The molecule has 7 heteroatoms. The smallest absolute Gasteiger partial charge is 0.343 e. The highest BCUT2D eigenvalue weighted by atomic mass is 19.2. The molecule has 0 bridgehead atoms. The molecule has 2 aliphatic heterocycles. The van der Waals surface area contributed by atoms with E-state index in [2.05, 4.69) is 0 Å². The lowest BCUT2D eigenvalue weighted by atomic mass is 9.85. The van der Waals surface area contributed by atoms with Crippen LogP contribution in [-0.2, 0) is 23.8 Å². The van der Waals surface area contributed by atoms with Gasteiger partial charge in [-0.1, -0.05) is 32.0 Å². The van der Waals surface area contributed by atoms with Gasteiger partial charge >= 0.3 is 11.9 Å². The molecule has 0 amide bonds. The standard InChI is InChI=1S/C26H26F2O5/c1-14(2)24(29)32-23-22(25(30)33-26(23)9-11-31-12-10-26)21-15(3)5-7-18(16(21)4)17-6-8-19(27)20(28)13-17/h5-8,13-14H,9-12H2,1-4H3. The zero-order valence-corrected chi connectivity index (χ0v) is 19.1. The Morgan fingerprint density at radius 3 is 2.39 bits per heavy atom. The fraction of sp³-hybridized carbons (Fsp3) is 0.385. The van der Waals surface area contributed by atoms with E-state index in [1.807, 2.05) is 6.92 Å². The third-order valence-corrected chi connectivity index (χ3v) is 6.26. The van der Waals surface area contributed by atoms with Gasteiger partial charge in [0.1, 0.15) is 5.57 Å². The molecule has 0 aliphatic carbocycles. The molecule has 174 valence electrons. The van der Waals surface area contributed by atoms with Gasteiger partial charge in [-0.25, -0.2) is 13.6 Å². The number of hydrogen-bond acceptors (Lipinski definition) is 5. The second-order valence-corrected chi connectivity index (χ2v) is 8.84. The van der Waals surface area contributed by atoms with Crippen LogP contribution in [0.2, 0.25) is 0 Å². The van der Waals surface area contributed by atoms with Crippen LogP contribution in [-0.4, -0.2) is 30.8 Å². The van der Waals surface area contributed by atoms with Crippen molar-refractivity contribution in [3.8, 4) is 11.1 Å². The van der Waals surface area contributed by atoms with Crippen molar-refractivity contribution in [2.75, 3.05) is 13.2 Å². The van der Waals surface area contributed by atoms with E-state index in [1.165, 1.54) is 6.07 Å². The number of benzene rings is 2. The number of aryl methyl sites for hydroxylation is 1. The Hall–Kier alpha value is -3.06. The summed E-state index contributed by atoms with van der Waals surface area (Å²) in [7, 11) is 0. The Morgan fingerprint density at radius 1 is 1.06 bits per heavy atom. The molecule has 0 saturated carbocycles. The van der Waals surface area contributed by atoms with E-state index in [0.717, 1.165) is 17.7 Å². The molecule has 0 N–H and O–H groups in total. The number of halogens is 2. The Balaban J connectivity index is 1.93. The number of carbonyl (C=O) groups is 2. The van der Waals surface area contributed by atoms with E-state index in [0.29, 0.717) is 48.3 Å². The summed E-state index contributed by atoms with van der Waals surface area (Å²) in [6, 6.07) is 7.28. The third-order valence-electron chi connectivity index (χ3n) is 6.26. The van der Waals surface area contributed by atoms with E-state index in [9.17, 15) is 18.4 Å². The Bertz CT molecular complexity index is 1160. The summed E-state index contributed by atoms with van der Waals surface area (Å²) >= 11 is 0. The number of ether oxygens (including phenoxy) is 3. The van der Waals surface area contributed by atoms with Crippen LogP contribution in [0, 0.1) is 31.4 Å². The second kappa shape index (κ2) is 8.71. The lowest BCUT2D eigenvalue weighted by Gasteiger charge is -2.33. The van der Waals surface area contributed by atoms with Gasteiger partial charge in [0.05, 0.1) is 19.1 Å². The number of esters is 2. The van der Waals surface area contributed by atoms with Crippen LogP contribution in [0.4, 0.5) is 8.78 Å². The molecule has 33 heavy (non-hydrogen) atoms. The minimum atomic E-state index is -1.06. The quantitative estimate of drug-likeness (QED) is 0.587. The average Bonchev–Trinajstić information content (AvgIpc) is 3.01. The highest BCUT2D eigenvalue weighted by Crippen LogP contribution is 2.47. The van der Waals surface area contributed by atoms with Gasteiger partial charge < -0.3 is 14.2 Å². The fourth-order valence-electron chi connectivity index (χ4n) is 4.41. The van der Waals surface area contributed by atoms with Crippen LogP contribution in [0.15, 0.2) is 36.1 Å². The van der Waals surface area contributed by atoms with Gasteiger partial charge in [-0.3, -0.25) is 4.79 Å². The normalized spacial score (nSPS) is 17.6. The minimum Gasteiger partial charge on any atom is -0.447 e. The van der Waals surface area contributed by atoms with E-state index < -0.39 is 35.1 Å². The molecule has 2 heterocycles. The summed E-state index contributed by atoms with van der Waals surface area (Å²) in [6.45, 7) is 7.82. The summed E-state index contributed by atoms with van der Waals surface area (Å²) in [5.41, 5.74) is 2.26. The number of carbonyl (C=O) groups excluding carboxylic acids is 2. The highest BCUT2D eigenvalue weighted by Gasteiger charge is 2.52. The summed E-state index contributed by atoms with van der Waals surface area (Å²) < 4.78 is 44.6. The van der Waals surface area contributed by atoms with E-state index in [1.54, 1.807) is 32.9 Å². The summed E-state index contributed by atoms with van der Waals surface area (Å²) in [5.74, 6) is -3.11. The van der Waals surface area contributed by atoms with Crippen molar-refractivity contribution in [2.45, 2.75) is 46.1 Å².